The number of piperazine rings is 1. The largest absolute Gasteiger partial charge is 0.297 e. The lowest BCUT2D eigenvalue weighted by Gasteiger charge is -2.39. The summed E-state index contributed by atoms with van der Waals surface area (Å²) in [4.78, 5) is 5.27. The number of hydrogen-bond acceptors (Lipinski definition) is 2. The maximum atomic E-state index is 2.67. The molecule has 2 nitrogen and oxygen atoms in total. The van der Waals surface area contributed by atoms with Gasteiger partial charge in [-0.05, 0) is 47.6 Å². The summed E-state index contributed by atoms with van der Waals surface area (Å²) in [6.07, 6.45) is 11.7. The fraction of sp³-hybridized carbons (Fsp3) is 0.333. The minimum atomic E-state index is 0.381. The number of fused-ring (bicyclic) bond motifs is 2. The third-order valence-electron chi connectivity index (χ3n) is 6.60. The number of benzene rings is 2. The predicted molar refractivity (Wildman–Crippen MR) is 122 cm³/mol. The highest BCUT2D eigenvalue weighted by atomic mass is 15.3. The van der Waals surface area contributed by atoms with Gasteiger partial charge in [0, 0.05) is 32.7 Å². The van der Waals surface area contributed by atoms with Crippen LogP contribution in [-0.2, 0) is 6.54 Å². The van der Waals surface area contributed by atoms with Crippen LogP contribution in [0.1, 0.15) is 41.1 Å². The van der Waals surface area contributed by atoms with Gasteiger partial charge < -0.3 is 0 Å². The Kier molecular flexibility index (Phi) is 5.22. The first-order valence-corrected chi connectivity index (χ1v) is 11.0. The van der Waals surface area contributed by atoms with Gasteiger partial charge in [-0.15, -0.1) is 0 Å². The normalized spacial score (nSPS) is 22.3. The molecule has 0 radical (unpaired) electrons. The molecule has 1 unspecified atom stereocenters. The van der Waals surface area contributed by atoms with Gasteiger partial charge in [0.05, 0.1) is 6.04 Å². The highest BCUT2D eigenvalue weighted by molar-refractivity contribution is 5.78. The molecule has 0 amide bonds. The molecule has 5 rings (SSSR count). The summed E-state index contributed by atoms with van der Waals surface area (Å²) in [5.74, 6) is 0. The Morgan fingerprint density at radius 2 is 1.69 bits per heavy atom. The van der Waals surface area contributed by atoms with E-state index in [9.17, 15) is 0 Å². The molecular formula is C27H30N2. The lowest BCUT2D eigenvalue weighted by atomic mass is 9.89. The van der Waals surface area contributed by atoms with Gasteiger partial charge in [0.15, 0.2) is 0 Å². The van der Waals surface area contributed by atoms with Gasteiger partial charge in [0.25, 0.3) is 0 Å². The van der Waals surface area contributed by atoms with Crippen LogP contribution < -0.4 is 0 Å². The number of hydrogen-bond donors (Lipinski definition) is 0. The first-order valence-electron chi connectivity index (χ1n) is 11.0. The Labute approximate surface area is 174 Å². The van der Waals surface area contributed by atoms with E-state index < -0.39 is 0 Å². The van der Waals surface area contributed by atoms with Crippen LogP contribution >= 0.6 is 0 Å². The second-order valence-electron chi connectivity index (χ2n) is 8.56. The number of nitrogens with zero attached hydrogens (tertiary/aromatic N) is 2. The van der Waals surface area contributed by atoms with Crippen LogP contribution in [0.4, 0.5) is 0 Å². The quantitative estimate of drug-likeness (QED) is 0.689. The molecule has 3 aliphatic rings. The number of allylic oxidation sites excluding steroid dienone is 5. The summed E-state index contributed by atoms with van der Waals surface area (Å²) in [6.45, 7) is 7.72. The monoisotopic (exact) mass is 382 g/mol. The molecule has 0 bridgehead atoms. The van der Waals surface area contributed by atoms with Crippen LogP contribution in [0.5, 0.6) is 0 Å². The molecule has 2 aliphatic carbocycles. The van der Waals surface area contributed by atoms with E-state index in [2.05, 4.69) is 89.6 Å². The topological polar surface area (TPSA) is 6.48 Å². The van der Waals surface area contributed by atoms with Crippen molar-refractivity contribution in [2.24, 2.45) is 0 Å². The molecule has 0 saturated carbocycles. The summed E-state index contributed by atoms with van der Waals surface area (Å²) >= 11 is 0. The lowest BCUT2D eigenvalue weighted by Crippen LogP contribution is -2.46. The molecule has 2 aromatic carbocycles. The molecule has 148 valence electrons. The van der Waals surface area contributed by atoms with Crippen molar-refractivity contribution >= 4 is 5.57 Å². The predicted octanol–water partition coefficient (Wildman–Crippen LogP) is 5.53. The van der Waals surface area contributed by atoms with Crippen LogP contribution in [-0.4, -0.2) is 36.0 Å². The Morgan fingerprint density at radius 1 is 0.897 bits per heavy atom. The molecule has 29 heavy (non-hydrogen) atoms. The van der Waals surface area contributed by atoms with Gasteiger partial charge in [-0.25, -0.2) is 0 Å². The van der Waals surface area contributed by atoms with E-state index in [0.717, 1.165) is 45.6 Å². The highest BCUT2D eigenvalue weighted by Gasteiger charge is 2.27. The summed E-state index contributed by atoms with van der Waals surface area (Å²) < 4.78 is 0. The Morgan fingerprint density at radius 3 is 2.52 bits per heavy atom. The first kappa shape index (κ1) is 18.6. The molecule has 1 saturated heterocycles. The third kappa shape index (κ3) is 3.88. The maximum absolute atomic E-state index is 2.67. The zero-order chi connectivity index (χ0) is 19.6. The smallest absolute Gasteiger partial charge is 0.0541 e. The maximum Gasteiger partial charge on any atom is 0.0541 e. The van der Waals surface area contributed by atoms with Gasteiger partial charge in [-0.1, -0.05) is 78.4 Å². The Bertz CT molecular complexity index is 956. The molecule has 0 spiro atoms. The summed E-state index contributed by atoms with van der Waals surface area (Å²) in [5.41, 5.74) is 8.64. The fourth-order valence-electron chi connectivity index (χ4n) is 4.93. The van der Waals surface area contributed by atoms with E-state index in [1.165, 1.54) is 33.4 Å². The molecule has 1 atom stereocenters. The number of rotatable bonds is 3. The van der Waals surface area contributed by atoms with Gasteiger partial charge in [-0.2, -0.15) is 0 Å². The Balaban J connectivity index is 1.32. The van der Waals surface area contributed by atoms with E-state index >= 15 is 0 Å². The van der Waals surface area contributed by atoms with Crippen molar-refractivity contribution in [1.29, 1.82) is 0 Å². The zero-order valence-electron chi connectivity index (χ0n) is 17.3. The zero-order valence-corrected chi connectivity index (χ0v) is 17.3. The van der Waals surface area contributed by atoms with Crippen LogP contribution in [0.2, 0.25) is 0 Å². The fourth-order valence-corrected chi connectivity index (χ4v) is 4.93. The van der Waals surface area contributed by atoms with Crippen molar-refractivity contribution in [1.82, 2.24) is 9.80 Å². The van der Waals surface area contributed by atoms with Gasteiger partial charge in [0.2, 0.25) is 0 Å². The van der Waals surface area contributed by atoms with Crippen molar-refractivity contribution in [2.75, 3.05) is 26.2 Å². The van der Waals surface area contributed by atoms with E-state index in [4.69, 9.17) is 0 Å². The third-order valence-corrected chi connectivity index (χ3v) is 6.60. The van der Waals surface area contributed by atoms with Crippen molar-refractivity contribution < 1.29 is 0 Å². The van der Waals surface area contributed by atoms with E-state index in [1.54, 1.807) is 0 Å². The average Bonchev–Trinajstić information content (AvgIpc) is 2.93. The molecule has 1 heterocycles. The standard InChI is InChI=1S/C27H30N2/c1-21-10-12-22(13-11-21)20-28-16-18-29(19-17-28)27-15-14-23-6-2-3-7-24(23)25-8-4-5-9-26(25)27/h2,4-6,8-15,27H,3,7,16-20H2,1H3. The molecule has 0 N–H and O–H groups in total. The second kappa shape index (κ2) is 8.14. The summed E-state index contributed by atoms with van der Waals surface area (Å²) in [7, 11) is 0. The average molecular weight is 383 g/mol. The summed E-state index contributed by atoms with van der Waals surface area (Å²) in [6, 6.07) is 18.5. The highest BCUT2D eigenvalue weighted by Crippen LogP contribution is 2.39. The first-order chi connectivity index (χ1) is 14.3. The van der Waals surface area contributed by atoms with Crippen molar-refractivity contribution in [3.63, 3.8) is 0 Å². The molecule has 2 heteroatoms. The molecule has 1 fully saturated rings. The lowest BCUT2D eigenvalue weighted by molar-refractivity contribution is 0.107. The molecule has 1 aliphatic heterocycles. The summed E-state index contributed by atoms with van der Waals surface area (Å²) in [5, 5.41) is 0. The van der Waals surface area contributed by atoms with Crippen molar-refractivity contribution in [3.05, 3.63) is 101 Å². The van der Waals surface area contributed by atoms with E-state index in [-0.39, 0.29) is 0 Å². The van der Waals surface area contributed by atoms with Gasteiger partial charge in [0.1, 0.15) is 0 Å². The van der Waals surface area contributed by atoms with E-state index in [0.29, 0.717) is 6.04 Å². The minimum absolute atomic E-state index is 0.381. The number of aryl methyl sites for hydroxylation is 1. The molecular weight excluding hydrogens is 352 g/mol. The molecule has 0 aromatic heterocycles. The van der Waals surface area contributed by atoms with Crippen LogP contribution in [0, 0.1) is 6.92 Å². The van der Waals surface area contributed by atoms with Gasteiger partial charge >= 0.3 is 0 Å². The van der Waals surface area contributed by atoms with Crippen molar-refractivity contribution in [2.45, 2.75) is 32.4 Å². The minimum Gasteiger partial charge on any atom is -0.297 e. The SMILES string of the molecule is Cc1ccc(CN2CCN(C3C=CC4=C(CCC=C4)c4ccccc43)CC2)cc1. The van der Waals surface area contributed by atoms with Crippen molar-refractivity contribution in [3.8, 4) is 0 Å². The van der Waals surface area contributed by atoms with Crippen LogP contribution in [0.3, 0.4) is 0 Å². The Hall–Kier alpha value is -2.42. The van der Waals surface area contributed by atoms with Crippen LogP contribution in [0.15, 0.2) is 78.4 Å². The van der Waals surface area contributed by atoms with Gasteiger partial charge in [-0.3, -0.25) is 9.80 Å². The van der Waals surface area contributed by atoms with E-state index in [1.807, 2.05) is 0 Å². The molecule has 2 aromatic rings. The van der Waals surface area contributed by atoms with Crippen LogP contribution in [0.25, 0.3) is 5.57 Å². The second-order valence-corrected chi connectivity index (χ2v) is 8.56.